The molecule has 1 aromatic heterocycles. The smallest absolute Gasteiger partial charge is 0.138 e. The second-order valence-electron chi connectivity index (χ2n) is 8.30. The highest BCUT2D eigenvalue weighted by atomic mass is 35.5. The number of halogens is 1. The molecular formula is C25H27ClN6. The molecule has 0 aliphatic carbocycles. The molecular weight excluding hydrogens is 420 g/mol. The van der Waals surface area contributed by atoms with Gasteiger partial charge in [-0.15, -0.1) is 0 Å². The highest BCUT2D eigenvalue weighted by Crippen LogP contribution is 2.36. The number of rotatable bonds is 5. The van der Waals surface area contributed by atoms with Crippen molar-refractivity contribution in [1.29, 1.82) is 0 Å². The number of hydrogen-bond acceptors (Lipinski definition) is 6. The van der Waals surface area contributed by atoms with Crippen molar-refractivity contribution in [3.8, 4) is 0 Å². The van der Waals surface area contributed by atoms with E-state index >= 15 is 0 Å². The zero-order valence-electron chi connectivity index (χ0n) is 18.0. The normalized spacial score (nSPS) is 15.9. The van der Waals surface area contributed by atoms with Crippen LogP contribution in [0.3, 0.4) is 0 Å². The maximum Gasteiger partial charge on any atom is 0.138 e. The fraction of sp³-hybridized carbons (Fsp3) is 0.320. The van der Waals surface area contributed by atoms with Crippen LogP contribution in [0.25, 0.3) is 0 Å². The van der Waals surface area contributed by atoms with Gasteiger partial charge < -0.3 is 10.2 Å². The van der Waals surface area contributed by atoms with E-state index in [-0.39, 0.29) is 0 Å². The molecule has 0 unspecified atom stereocenters. The maximum atomic E-state index is 6.27. The Bertz CT molecular complexity index is 1090. The molecule has 5 rings (SSSR count). The van der Waals surface area contributed by atoms with Gasteiger partial charge in [0.05, 0.1) is 11.4 Å². The first-order valence-corrected chi connectivity index (χ1v) is 11.6. The first-order valence-electron chi connectivity index (χ1n) is 11.2. The van der Waals surface area contributed by atoms with Gasteiger partial charge in [0.15, 0.2) is 0 Å². The third-order valence-electron chi connectivity index (χ3n) is 6.10. The minimum atomic E-state index is 0.700. The van der Waals surface area contributed by atoms with Gasteiger partial charge in [0.2, 0.25) is 0 Å². The van der Waals surface area contributed by atoms with Crippen LogP contribution in [-0.2, 0) is 6.42 Å². The topological polar surface area (TPSA) is 56.7 Å². The van der Waals surface area contributed by atoms with Crippen LogP contribution in [0.15, 0.2) is 66.2 Å². The third-order valence-corrected chi connectivity index (χ3v) is 6.33. The fourth-order valence-corrected chi connectivity index (χ4v) is 4.52. The van der Waals surface area contributed by atoms with Gasteiger partial charge in [-0.3, -0.25) is 4.90 Å². The number of aryl methyl sites for hydroxylation is 1. The lowest BCUT2D eigenvalue weighted by Gasteiger charge is -2.36. The number of fused-ring (bicyclic) bond motifs is 2. The lowest BCUT2D eigenvalue weighted by molar-refractivity contribution is 0.180. The van der Waals surface area contributed by atoms with Crippen molar-refractivity contribution in [3.63, 3.8) is 0 Å². The average molecular weight is 447 g/mol. The minimum absolute atomic E-state index is 0.700. The van der Waals surface area contributed by atoms with E-state index in [1.807, 2.05) is 30.6 Å². The summed E-state index contributed by atoms with van der Waals surface area (Å²) in [7, 11) is 0. The van der Waals surface area contributed by atoms with Crippen molar-refractivity contribution in [2.45, 2.75) is 19.3 Å². The largest absolute Gasteiger partial charge is 0.353 e. The number of aromatic nitrogens is 2. The molecule has 0 radical (unpaired) electrons. The first kappa shape index (κ1) is 20.9. The first-order chi connectivity index (χ1) is 15.8. The predicted molar refractivity (Wildman–Crippen MR) is 130 cm³/mol. The Morgan fingerprint density at radius 2 is 1.72 bits per heavy atom. The summed E-state index contributed by atoms with van der Waals surface area (Å²) in [5.74, 6) is 1.03. The van der Waals surface area contributed by atoms with Crippen LogP contribution in [0.1, 0.15) is 24.0 Å². The molecule has 164 valence electrons. The van der Waals surface area contributed by atoms with Crippen molar-refractivity contribution in [1.82, 2.24) is 19.8 Å². The fourth-order valence-electron chi connectivity index (χ4n) is 4.36. The van der Waals surface area contributed by atoms with Gasteiger partial charge in [0, 0.05) is 54.8 Å². The molecule has 1 saturated heterocycles. The van der Waals surface area contributed by atoms with Crippen molar-refractivity contribution < 1.29 is 0 Å². The molecule has 0 atom stereocenters. The number of nitrogens with one attached hydrogen (secondary N) is 1. The summed E-state index contributed by atoms with van der Waals surface area (Å²) in [5, 5.41) is 4.24. The summed E-state index contributed by atoms with van der Waals surface area (Å²) in [5.41, 5.74) is 5.31. The van der Waals surface area contributed by atoms with E-state index in [1.165, 1.54) is 12.0 Å². The number of benzene rings is 2. The van der Waals surface area contributed by atoms with Crippen LogP contribution < -0.4 is 5.32 Å². The van der Waals surface area contributed by atoms with Gasteiger partial charge in [0.1, 0.15) is 12.2 Å². The molecule has 1 fully saturated rings. The zero-order chi connectivity index (χ0) is 21.8. The van der Waals surface area contributed by atoms with Gasteiger partial charge in [-0.05, 0) is 61.7 Å². The van der Waals surface area contributed by atoms with E-state index in [2.05, 4.69) is 49.4 Å². The number of nitrogens with zero attached hydrogens (tertiary/aromatic N) is 5. The van der Waals surface area contributed by atoms with Crippen LogP contribution in [0.4, 0.5) is 17.1 Å². The van der Waals surface area contributed by atoms with Crippen molar-refractivity contribution in [3.05, 3.63) is 77.3 Å². The molecule has 0 spiro atoms. The van der Waals surface area contributed by atoms with Gasteiger partial charge in [-0.1, -0.05) is 23.7 Å². The lowest BCUT2D eigenvalue weighted by atomic mass is 10.1. The Balaban J connectivity index is 1.23. The van der Waals surface area contributed by atoms with Gasteiger partial charge in [-0.2, -0.15) is 0 Å². The molecule has 1 N–H and O–H groups in total. The highest BCUT2D eigenvalue weighted by Gasteiger charge is 2.24. The van der Waals surface area contributed by atoms with Crippen molar-refractivity contribution >= 4 is 34.5 Å². The molecule has 6 nitrogen and oxygen atoms in total. The summed E-state index contributed by atoms with van der Waals surface area (Å²) in [6.07, 6.45) is 8.81. The second kappa shape index (κ2) is 9.67. The van der Waals surface area contributed by atoms with Crippen LogP contribution in [-0.4, -0.2) is 58.3 Å². The summed E-state index contributed by atoms with van der Waals surface area (Å²) in [6, 6.07) is 14.2. The molecule has 0 amide bonds. The zero-order valence-corrected chi connectivity index (χ0v) is 18.8. The summed E-state index contributed by atoms with van der Waals surface area (Å²) in [4.78, 5) is 18.2. The summed E-state index contributed by atoms with van der Waals surface area (Å²) < 4.78 is 0. The quantitative estimate of drug-likeness (QED) is 0.564. The number of aliphatic imine (C=N–C) groups is 1. The van der Waals surface area contributed by atoms with E-state index in [1.54, 1.807) is 6.33 Å². The Hall–Kier alpha value is -2.96. The van der Waals surface area contributed by atoms with Crippen LogP contribution >= 0.6 is 11.6 Å². The molecule has 2 aliphatic heterocycles. The number of unbranched alkanes of at least 4 members (excludes halogenated alkanes) is 1. The molecule has 3 aromatic rings. The van der Waals surface area contributed by atoms with E-state index in [9.17, 15) is 0 Å². The number of hydrogen-bond donors (Lipinski definition) is 1. The highest BCUT2D eigenvalue weighted by molar-refractivity contribution is 6.31. The van der Waals surface area contributed by atoms with Crippen LogP contribution in [0.2, 0.25) is 5.02 Å². The molecule has 2 aromatic carbocycles. The van der Waals surface area contributed by atoms with Gasteiger partial charge >= 0.3 is 0 Å². The molecule has 32 heavy (non-hydrogen) atoms. The standard InChI is InChI=1S/C25H27ClN6/c26-20-8-9-23-24(15-20)30-25(21-6-1-2-7-22(21)29-23)32-13-11-31(12-14-32)10-4-3-5-19-16-27-18-28-17-19/h1-2,6-9,15-18,29H,3-5,10-14H2. The lowest BCUT2D eigenvalue weighted by Crippen LogP contribution is -2.49. The molecule has 7 heteroatoms. The Morgan fingerprint density at radius 1 is 0.906 bits per heavy atom. The Morgan fingerprint density at radius 3 is 2.56 bits per heavy atom. The summed E-state index contributed by atoms with van der Waals surface area (Å²) in [6.45, 7) is 5.16. The summed E-state index contributed by atoms with van der Waals surface area (Å²) >= 11 is 6.27. The Kier molecular flexibility index (Phi) is 6.32. The molecule has 3 heterocycles. The van der Waals surface area contributed by atoms with E-state index in [0.717, 1.165) is 74.0 Å². The van der Waals surface area contributed by atoms with E-state index < -0.39 is 0 Å². The maximum absolute atomic E-state index is 6.27. The van der Waals surface area contributed by atoms with Gasteiger partial charge in [0.25, 0.3) is 0 Å². The van der Waals surface area contributed by atoms with Crippen LogP contribution in [0, 0.1) is 0 Å². The third kappa shape index (κ3) is 4.76. The van der Waals surface area contributed by atoms with Crippen molar-refractivity contribution in [2.24, 2.45) is 4.99 Å². The predicted octanol–water partition coefficient (Wildman–Crippen LogP) is 4.91. The minimum Gasteiger partial charge on any atom is -0.353 e. The van der Waals surface area contributed by atoms with Crippen LogP contribution in [0.5, 0.6) is 0 Å². The number of para-hydroxylation sites is 1. The van der Waals surface area contributed by atoms with Gasteiger partial charge in [-0.25, -0.2) is 15.0 Å². The number of anilines is 2. The number of amidine groups is 1. The number of piperazine rings is 1. The van der Waals surface area contributed by atoms with E-state index in [4.69, 9.17) is 16.6 Å². The SMILES string of the molecule is Clc1ccc2c(c1)N=C(N1CCN(CCCCc3cncnc3)CC1)c1ccccc1N2. The second-order valence-corrected chi connectivity index (χ2v) is 8.74. The monoisotopic (exact) mass is 446 g/mol. The van der Waals surface area contributed by atoms with E-state index in [0.29, 0.717) is 5.02 Å². The Labute approximate surface area is 194 Å². The molecule has 0 bridgehead atoms. The molecule has 2 aliphatic rings. The average Bonchev–Trinajstić information content (AvgIpc) is 2.99. The molecule has 0 saturated carbocycles. The van der Waals surface area contributed by atoms with Crippen molar-refractivity contribution in [2.75, 3.05) is 38.0 Å².